The minimum atomic E-state index is -4.07. The van der Waals surface area contributed by atoms with Crippen LogP contribution in [0.5, 0.6) is 0 Å². The number of carbonyl (C=O) groups excluding carboxylic acids is 2. The molecular formula is C18H17FN4O5S. The molecule has 0 aromatic heterocycles. The maximum atomic E-state index is 13.0. The van der Waals surface area contributed by atoms with Gasteiger partial charge in [-0.25, -0.2) is 9.18 Å². The molecule has 2 aromatic carbocycles. The first-order chi connectivity index (χ1) is 13.6. The highest BCUT2D eigenvalue weighted by atomic mass is 32.2. The Hall–Kier alpha value is -3.73. The van der Waals surface area contributed by atoms with Gasteiger partial charge in [0, 0.05) is 17.3 Å². The molecule has 29 heavy (non-hydrogen) atoms. The van der Waals surface area contributed by atoms with Crippen molar-refractivity contribution in [3.05, 3.63) is 71.7 Å². The third kappa shape index (κ3) is 5.87. The average molecular weight is 420 g/mol. The van der Waals surface area contributed by atoms with Crippen molar-refractivity contribution in [2.24, 2.45) is 15.9 Å². The topological polar surface area (TPSA) is 154 Å². The third-order valence-electron chi connectivity index (χ3n) is 3.47. The maximum absolute atomic E-state index is 13.0. The van der Waals surface area contributed by atoms with Gasteiger partial charge in [0.2, 0.25) is 5.96 Å². The van der Waals surface area contributed by atoms with Crippen LogP contribution in [0, 0.1) is 5.82 Å². The summed E-state index contributed by atoms with van der Waals surface area (Å²) < 4.78 is 44.7. The van der Waals surface area contributed by atoms with Crippen LogP contribution in [0.1, 0.15) is 10.4 Å². The van der Waals surface area contributed by atoms with E-state index in [0.717, 1.165) is 25.3 Å². The van der Waals surface area contributed by atoms with Crippen molar-refractivity contribution in [1.29, 1.82) is 0 Å². The van der Waals surface area contributed by atoms with Gasteiger partial charge in [0.1, 0.15) is 11.5 Å². The van der Waals surface area contributed by atoms with Gasteiger partial charge < -0.3 is 21.5 Å². The Morgan fingerprint density at radius 3 is 2.17 bits per heavy atom. The number of nitrogens with zero attached hydrogens (tertiary/aromatic N) is 1. The fourth-order valence-corrected chi connectivity index (χ4v) is 3.00. The number of anilines is 1. The van der Waals surface area contributed by atoms with E-state index in [1.807, 2.05) is 0 Å². The Morgan fingerprint density at radius 2 is 1.66 bits per heavy atom. The van der Waals surface area contributed by atoms with E-state index in [9.17, 15) is 22.4 Å². The normalized spacial score (nSPS) is 11.4. The number of carbonyl (C=O) groups is 2. The Bertz CT molecular complexity index is 1070. The largest absolute Gasteiger partial charge is 0.464 e. The standard InChI is InChI=1S/C18H17FN4O5S/c1-28-17(25)15(10-16(24)11-2-4-12(19)5-3-11)22-13-6-8-14(9-7-13)29(26,27)23-18(20)21/h2-10,22H,1H3,(H4,20,21,23)/b15-10-. The molecule has 152 valence electrons. The van der Waals surface area contributed by atoms with Crippen molar-refractivity contribution in [1.82, 2.24) is 0 Å². The molecule has 0 amide bonds. The molecule has 0 aliphatic heterocycles. The van der Waals surface area contributed by atoms with Gasteiger partial charge in [-0.05, 0) is 48.5 Å². The first-order valence-corrected chi connectivity index (χ1v) is 9.39. The van der Waals surface area contributed by atoms with Crippen LogP contribution < -0.4 is 16.8 Å². The fraction of sp³-hybridized carbons (Fsp3) is 0.0556. The first kappa shape index (κ1) is 21.6. The molecule has 11 heteroatoms. The molecule has 0 bridgehead atoms. The number of nitrogens with two attached hydrogens (primary N) is 2. The zero-order chi connectivity index (χ0) is 21.6. The number of rotatable bonds is 7. The van der Waals surface area contributed by atoms with E-state index < -0.39 is 33.6 Å². The van der Waals surface area contributed by atoms with E-state index in [4.69, 9.17) is 11.5 Å². The lowest BCUT2D eigenvalue weighted by molar-refractivity contribution is -0.135. The molecule has 0 spiro atoms. The predicted molar refractivity (Wildman–Crippen MR) is 104 cm³/mol. The van der Waals surface area contributed by atoms with Crippen molar-refractivity contribution in [2.45, 2.75) is 4.90 Å². The van der Waals surface area contributed by atoms with Gasteiger partial charge in [-0.3, -0.25) is 4.79 Å². The molecule has 5 N–H and O–H groups in total. The Kier molecular flexibility index (Phi) is 6.67. The minimum Gasteiger partial charge on any atom is -0.464 e. The molecule has 0 unspecified atom stereocenters. The summed E-state index contributed by atoms with van der Waals surface area (Å²) in [6, 6.07) is 9.87. The highest BCUT2D eigenvalue weighted by Crippen LogP contribution is 2.18. The second-order valence-electron chi connectivity index (χ2n) is 5.56. The number of nitrogens with one attached hydrogen (secondary N) is 1. The number of guanidine groups is 1. The number of halogens is 1. The molecule has 0 atom stereocenters. The molecular weight excluding hydrogens is 403 g/mol. The van der Waals surface area contributed by atoms with Crippen LogP contribution >= 0.6 is 0 Å². The van der Waals surface area contributed by atoms with Gasteiger partial charge in [0.25, 0.3) is 10.0 Å². The molecule has 0 radical (unpaired) electrons. The summed E-state index contributed by atoms with van der Waals surface area (Å²) in [5.41, 5.74) is 10.4. The van der Waals surface area contributed by atoms with Crippen LogP contribution in [-0.4, -0.2) is 33.2 Å². The number of allylic oxidation sites excluding steroid dienone is 1. The molecule has 2 rings (SSSR count). The number of ketones is 1. The number of sulfonamides is 1. The van der Waals surface area contributed by atoms with Crippen molar-refractivity contribution in [3.8, 4) is 0 Å². The summed E-state index contributed by atoms with van der Waals surface area (Å²) in [4.78, 5) is 24.1. The van der Waals surface area contributed by atoms with E-state index in [2.05, 4.69) is 14.5 Å². The van der Waals surface area contributed by atoms with Gasteiger partial charge >= 0.3 is 5.97 Å². The zero-order valence-corrected chi connectivity index (χ0v) is 15.9. The van der Waals surface area contributed by atoms with Gasteiger partial charge in [0.15, 0.2) is 5.78 Å². The highest BCUT2D eigenvalue weighted by Gasteiger charge is 2.16. The predicted octanol–water partition coefficient (Wildman–Crippen LogP) is 1.14. The molecule has 9 nitrogen and oxygen atoms in total. The molecule has 0 aliphatic carbocycles. The number of hydrogen-bond acceptors (Lipinski definition) is 6. The van der Waals surface area contributed by atoms with E-state index in [1.54, 1.807) is 0 Å². The lowest BCUT2D eigenvalue weighted by atomic mass is 10.1. The van der Waals surface area contributed by atoms with Crippen molar-refractivity contribution in [3.63, 3.8) is 0 Å². The first-order valence-electron chi connectivity index (χ1n) is 7.95. The molecule has 0 heterocycles. The molecule has 0 saturated heterocycles. The summed E-state index contributed by atoms with van der Waals surface area (Å²) in [6.07, 6.45) is 0.989. The van der Waals surface area contributed by atoms with E-state index >= 15 is 0 Å². The summed E-state index contributed by atoms with van der Waals surface area (Å²) in [5.74, 6) is -2.52. The van der Waals surface area contributed by atoms with Crippen LogP contribution in [0.2, 0.25) is 0 Å². The fourth-order valence-electron chi connectivity index (χ4n) is 2.14. The van der Waals surface area contributed by atoms with Gasteiger partial charge in [-0.15, -0.1) is 4.40 Å². The zero-order valence-electron chi connectivity index (χ0n) is 15.1. The third-order valence-corrected chi connectivity index (χ3v) is 4.79. The number of hydrogen-bond donors (Lipinski definition) is 3. The molecule has 2 aromatic rings. The van der Waals surface area contributed by atoms with Crippen LogP contribution in [0.25, 0.3) is 0 Å². The quantitative estimate of drug-likeness (QED) is 0.198. The second-order valence-corrected chi connectivity index (χ2v) is 7.17. The molecule has 0 fully saturated rings. The summed E-state index contributed by atoms with van der Waals surface area (Å²) in [6.45, 7) is 0. The van der Waals surface area contributed by atoms with Crippen molar-refractivity contribution < 1.29 is 27.1 Å². The van der Waals surface area contributed by atoms with Gasteiger partial charge in [0.05, 0.1) is 12.0 Å². The Morgan fingerprint density at radius 1 is 1.07 bits per heavy atom. The maximum Gasteiger partial charge on any atom is 0.354 e. The average Bonchev–Trinajstić information content (AvgIpc) is 2.66. The van der Waals surface area contributed by atoms with Gasteiger partial charge in [-0.2, -0.15) is 8.42 Å². The Labute approximate surface area is 165 Å². The van der Waals surface area contributed by atoms with Crippen LogP contribution in [0.3, 0.4) is 0 Å². The minimum absolute atomic E-state index is 0.160. The summed E-state index contributed by atoms with van der Waals surface area (Å²) in [7, 11) is -2.94. The lowest BCUT2D eigenvalue weighted by Gasteiger charge is -2.10. The second kappa shape index (κ2) is 8.97. The van der Waals surface area contributed by atoms with Crippen LogP contribution in [0.15, 0.2) is 69.6 Å². The number of esters is 1. The SMILES string of the molecule is COC(=O)/C(=C/C(=O)c1ccc(F)cc1)Nc1ccc(S(=O)(=O)N=C(N)N)cc1. The van der Waals surface area contributed by atoms with E-state index in [-0.39, 0.29) is 21.8 Å². The van der Waals surface area contributed by atoms with E-state index in [0.29, 0.717) is 0 Å². The number of ether oxygens (including phenoxy) is 1. The van der Waals surface area contributed by atoms with Gasteiger partial charge in [-0.1, -0.05) is 0 Å². The van der Waals surface area contributed by atoms with E-state index in [1.165, 1.54) is 36.4 Å². The van der Waals surface area contributed by atoms with Crippen molar-refractivity contribution >= 4 is 33.4 Å². The molecule has 0 aliphatic rings. The van der Waals surface area contributed by atoms with Crippen molar-refractivity contribution in [2.75, 3.05) is 12.4 Å². The van der Waals surface area contributed by atoms with Crippen LogP contribution in [0.4, 0.5) is 10.1 Å². The number of methoxy groups -OCH3 is 1. The summed E-state index contributed by atoms with van der Waals surface area (Å²) in [5, 5.41) is 2.67. The monoisotopic (exact) mass is 420 g/mol. The number of benzene rings is 2. The highest BCUT2D eigenvalue weighted by molar-refractivity contribution is 7.90. The Balaban J connectivity index is 2.29. The summed E-state index contributed by atoms with van der Waals surface area (Å²) >= 11 is 0. The lowest BCUT2D eigenvalue weighted by Crippen LogP contribution is -2.24. The molecule has 0 saturated carbocycles. The smallest absolute Gasteiger partial charge is 0.354 e. The van der Waals surface area contributed by atoms with Crippen LogP contribution in [-0.2, 0) is 19.6 Å².